The molecule has 2 aliphatic heterocycles. The van der Waals surface area contributed by atoms with Crippen LogP contribution in [0, 0.1) is 0 Å². The maximum Gasteiger partial charge on any atom is 0.255 e. The highest BCUT2D eigenvalue weighted by atomic mass is 16.5. The summed E-state index contributed by atoms with van der Waals surface area (Å²) in [6.45, 7) is 0.414. The lowest BCUT2D eigenvalue weighted by Crippen LogP contribution is -2.39. The van der Waals surface area contributed by atoms with Gasteiger partial charge in [0.05, 0.1) is 0 Å². The Morgan fingerprint density at radius 2 is 2.11 bits per heavy atom. The van der Waals surface area contributed by atoms with Gasteiger partial charge in [-0.1, -0.05) is 5.16 Å². The lowest BCUT2D eigenvalue weighted by molar-refractivity contribution is 0.127. The van der Waals surface area contributed by atoms with E-state index in [1.54, 1.807) is 0 Å². The molecule has 2 unspecified atom stereocenters. The van der Waals surface area contributed by atoms with Crippen LogP contribution in [0.4, 0.5) is 0 Å². The molecule has 0 radical (unpaired) electrons. The minimum Gasteiger partial charge on any atom is -0.383 e. The average molecular weight is 266 g/mol. The van der Waals surface area contributed by atoms with Gasteiger partial charge in [0.2, 0.25) is 0 Å². The van der Waals surface area contributed by atoms with Crippen LogP contribution in [0.25, 0.3) is 0 Å². The maximum atomic E-state index is 9.81. The van der Waals surface area contributed by atoms with Crippen LogP contribution in [-0.2, 0) is 0 Å². The number of fused-ring (bicyclic) bond motifs is 2. The summed E-state index contributed by atoms with van der Waals surface area (Å²) in [4.78, 5) is 6.86. The molecule has 6 nitrogen and oxygen atoms in total. The number of rotatable bonds is 4. The van der Waals surface area contributed by atoms with Crippen molar-refractivity contribution in [1.82, 2.24) is 15.0 Å². The Kier molecular flexibility index (Phi) is 3.56. The third-order valence-corrected chi connectivity index (χ3v) is 4.65. The molecule has 0 spiro atoms. The van der Waals surface area contributed by atoms with Crippen LogP contribution in [0.2, 0.25) is 0 Å². The molecule has 2 saturated heterocycles. The standard InChI is InChI=1S/C13H22N4O2/c1-17-9-2-3-10(17)7-8(6-9)12-15-13(19-16-12)11(18)4-5-14/h8-11,18H,2-7,14H2,1H3/t8?,9?,10?,11-/m0/s1. The van der Waals surface area contributed by atoms with Gasteiger partial charge in [-0.25, -0.2) is 0 Å². The van der Waals surface area contributed by atoms with E-state index in [2.05, 4.69) is 22.1 Å². The van der Waals surface area contributed by atoms with Crippen molar-refractivity contribution in [2.75, 3.05) is 13.6 Å². The molecule has 2 aliphatic rings. The van der Waals surface area contributed by atoms with Gasteiger partial charge in [0, 0.05) is 18.0 Å². The first-order chi connectivity index (χ1) is 9.19. The molecule has 19 heavy (non-hydrogen) atoms. The lowest BCUT2D eigenvalue weighted by Gasteiger charge is -2.34. The Labute approximate surface area is 113 Å². The number of hydrogen-bond donors (Lipinski definition) is 2. The van der Waals surface area contributed by atoms with Crippen molar-refractivity contribution in [3.63, 3.8) is 0 Å². The van der Waals surface area contributed by atoms with Crippen LogP contribution in [0.15, 0.2) is 4.52 Å². The van der Waals surface area contributed by atoms with Crippen LogP contribution < -0.4 is 5.73 Å². The molecule has 0 aromatic carbocycles. The Balaban J connectivity index is 1.70. The second-order valence-corrected chi connectivity index (χ2v) is 5.80. The van der Waals surface area contributed by atoms with Gasteiger partial charge in [-0.15, -0.1) is 0 Å². The van der Waals surface area contributed by atoms with Crippen molar-refractivity contribution in [3.8, 4) is 0 Å². The number of nitrogens with zero attached hydrogens (tertiary/aromatic N) is 3. The highest BCUT2D eigenvalue weighted by molar-refractivity contribution is 5.05. The fourth-order valence-corrected chi connectivity index (χ4v) is 3.45. The van der Waals surface area contributed by atoms with Crippen LogP contribution in [0.5, 0.6) is 0 Å². The predicted molar refractivity (Wildman–Crippen MR) is 69.5 cm³/mol. The van der Waals surface area contributed by atoms with Gasteiger partial charge in [0.25, 0.3) is 5.89 Å². The van der Waals surface area contributed by atoms with E-state index in [-0.39, 0.29) is 0 Å². The van der Waals surface area contributed by atoms with E-state index in [1.165, 1.54) is 12.8 Å². The highest BCUT2D eigenvalue weighted by Crippen LogP contribution is 2.41. The van der Waals surface area contributed by atoms with Crippen LogP contribution >= 0.6 is 0 Å². The van der Waals surface area contributed by atoms with Gasteiger partial charge in [0.1, 0.15) is 6.10 Å². The van der Waals surface area contributed by atoms with Crippen molar-refractivity contribution in [1.29, 1.82) is 0 Å². The number of aromatic nitrogens is 2. The quantitative estimate of drug-likeness (QED) is 0.837. The summed E-state index contributed by atoms with van der Waals surface area (Å²) >= 11 is 0. The second-order valence-electron chi connectivity index (χ2n) is 5.80. The van der Waals surface area contributed by atoms with Gasteiger partial charge in [0.15, 0.2) is 5.82 Å². The van der Waals surface area contributed by atoms with Crippen molar-refractivity contribution >= 4 is 0 Å². The smallest absolute Gasteiger partial charge is 0.255 e. The summed E-state index contributed by atoms with van der Waals surface area (Å²) in [6.07, 6.45) is 4.48. The highest BCUT2D eigenvalue weighted by Gasteiger charge is 2.40. The summed E-state index contributed by atoms with van der Waals surface area (Å²) in [6, 6.07) is 1.30. The Morgan fingerprint density at radius 1 is 1.42 bits per heavy atom. The molecule has 106 valence electrons. The third-order valence-electron chi connectivity index (χ3n) is 4.65. The molecule has 2 fully saturated rings. The maximum absolute atomic E-state index is 9.81. The summed E-state index contributed by atoms with van der Waals surface area (Å²) in [5.74, 6) is 1.44. The molecule has 0 aliphatic carbocycles. The number of hydrogen-bond acceptors (Lipinski definition) is 6. The molecule has 3 heterocycles. The largest absolute Gasteiger partial charge is 0.383 e. The van der Waals surface area contributed by atoms with Gasteiger partial charge in [-0.2, -0.15) is 4.98 Å². The zero-order valence-corrected chi connectivity index (χ0v) is 11.3. The van der Waals surface area contributed by atoms with Crippen LogP contribution in [-0.4, -0.2) is 45.8 Å². The number of aliphatic hydroxyl groups excluding tert-OH is 1. The molecule has 3 rings (SSSR count). The fourth-order valence-electron chi connectivity index (χ4n) is 3.45. The Hall–Kier alpha value is -0.980. The van der Waals surface area contributed by atoms with Crippen molar-refractivity contribution in [3.05, 3.63) is 11.7 Å². The molecule has 1 aromatic heterocycles. The van der Waals surface area contributed by atoms with Gasteiger partial charge in [-0.05, 0) is 45.7 Å². The minimum absolute atomic E-state index is 0.312. The number of nitrogens with two attached hydrogens (primary N) is 1. The number of aliphatic hydroxyl groups is 1. The van der Waals surface area contributed by atoms with Gasteiger partial charge in [-0.3, -0.25) is 0 Å². The summed E-state index contributed by atoms with van der Waals surface area (Å²) in [5, 5.41) is 13.9. The summed E-state index contributed by atoms with van der Waals surface area (Å²) in [7, 11) is 2.21. The molecule has 3 atom stereocenters. The molecule has 0 saturated carbocycles. The van der Waals surface area contributed by atoms with Crippen molar-refractivity contribution in [2.45, 2.75) is 56.2 Å². The van der Waals surface area contributed by atoms with E-state index in [4.69, 9.17) is 10.3 Å². The molecule has 1 aromatic rings. The normalized spacial score (nSPS) is 32.7. The molecule has 3 N–H and O–H groups in total. The van der Waals surface area contributed by atoms with E-state index in [9.17, 15) is 5.11 Å². The van der Waals surface area contributed by atoms with E-state index >= 15 is 0 Å². The number of piperidine rings is 1. The predicted octanol–water partition coefficient (Wildman–Crippen LogP) is 0.792. The second kappa shape index (κ2) is 5.19. The summed E-state index contributed by atoms with van der Waals surface area (Å²) in [5.41, 5.74) is 5.42. The average Bonchev–Trinajstić information content (AvgIpc) is 2.93. The fraction of sp³-hybridized carbons (Fsp3) is 0.846. The van der Waals surface area contributed by atoms with Crippen molar-refractivity contribution in [2.24, 2.45) is 5.73 Å². The molecule has 2 bridgehead atoms. The topological polar surface area (TPSA) is 88.4 Å². The van der Waals surface area contributed by atoms with Crippen LogP contribution in [0.3, 0.4) is 0 Å². The van der Waals surface area contributed by atoms with E-state index in [0.717, 1.165) is 18.7 Å². The zero-order valence-electron chi connectivity index (χ0n) is 11.3. The lowest BCUT2D eigenvalue weighted by atomic mass is 9.90. The van der Waals surface area contributed by atoms with Crippen LogP contribution in [0.1, 0.15) is 55.8 Å². The molecule has 6 heteroatoms. The van der Waals surface area contributed by atoms with E-state index in [1.807, 2.05) is 0 Å². The van der Waals surface area contributed by atoms with Gasteiger partial charge < -0.3 is 20.3 Å². The SMILES string of the molecule is CN1C2CCC1CC(c1noc([C@@H](O)CCN)n1)C2. The molecule has 0 amide bonds. The monoisotopic (exact) mass is 266 g/mol. The first-order valence-electron chi connectivity index (χ1n) is 7.12. The minimum atomic E-state index is -0.728. The summed E-state index contributed by atoms with van der Waals surface area (Å²) < 4.78 is 5.17. The first kappa shape index (κ1) is 13.0. The van der Waals surface area contributed by atoms with E-state index in [0.29, 0.717) is 36.9 Å². The Morgan fingerprint density at radius 3 is 2.74 bits per heavy atom. The van der Waals surface area contributed by atoms with Crippen molar-refractivity contribution < 1.29 is 9.63 Å². The molecular weight excluding hydrogens is 244 g/mol. The van der Waals surface area contributed by atoms with Gasteiger partial charge >= 0.3 is 0 Å². The third kappa shape index (κ3) is 2.40. The Bertz CT molecular complexity index is 422. The molecular formula is C13H22N4O2. The van der Waals surface area contributed by atoms with E-state index < -0.39 is 6.10 Å². The first-order valence-corrected chi connectivity index (χ1v) is 7.12. The zero-order chi connectivity index (χ0) is 13.4.